The standard InChI is InChI=1S/C13H24N2O/c1-10-2-3-12(16-10)8-14-13-9-15-6-4-11(13)5-7-15/h10-14H,2-9H2,1H3. The summed E-state index contributed by atoms with van der Waals surface area (Å²) >= 11 is 0. The second-order valence-corrected chi connectivity index (χ2v) is 5.80. The molecule has 3 unspecified atom stereocenters. The number of fused-ring (bicyclic) bond motifs is 3. The first-order valence-corrected chi connectivity index (χ1v) is 6.92. The number of piperidine rings is 3. The normalized spacial score (nSPS) is 47.4. The Morgan fingerprint density at radius 3 is 2.56 bits per heavy atom. The van der Waals surface area contributed by atoms with E-state index < -0.39 is 0 Å². The highest BCUT2D eigenvalue weighted by molar-refractivity contribution is 4.91. The van der Waals surface area contributed by atoms with Crippen molar-refractivity contribution in [3.05, 3.63) is 0 Å². The van der Waals surface area contributed by atoms with Crippen LogP contribution in [-0.2, 0) is 4.74 Å². The Bertz CT molecular complexity index is 238. The zero-order chi connectivity index (χ0) is 11.0. The van der Waals surface area contributed by atoms with E-state index in [1.54, 1.807) is 0 Å². The molecule has 0 radical (unpaired) electrons. The second kappa shape index (κ2) is 4.63. The van der Waals surface area contributed by atoms with Crippen molar-refractivity contribution in [1.29, 1.82) is 0 Å². The van der Waals surface area contributed by atoms with E-state index in [9.17, 15) is 0 Å². The van der Waals surface area contributed by atoms with Gasteiger partial charge < -0.3 is 15.0 Å². The fraction of sp³-hybridized carbons (Fsp3) is 1.00. The van der Waals surface area contributed by atoms with Crippen molar-refractivity contribution in [2.45, 2.75) is 50.9 Å². The van der Waals surface area contributed by atoms with E-state index in [1.807, 2.05) is 0 Å². The van der Waals surface area contributed by atoms with Crippen LogP contribution in [0.3, 0.4) is 0 Å². The molecule has 0 amide bonds. The van der Waals surface area contributed by atoms with Gasteiger partial charge in [-0.3, -0.25) is 0 Å². The molecular weight excluding hydrogens is 200 g/mol. The van der Waals surface area contributed by atoms with E-state index in [4.69, 9.17) is 4.74 Å². The van der Waals surface area contributed by atoms with Gasteiger partial charge in [0.15, 0.2) is 0 Å². The molecule has 0 aromatic rings. The summed E-state index contributed by atoms with van der Waals surface area (Å²) in [6, 6.07) is 0.738. The zero-order valence-corrected chi connectivity index (χ0v) is 10.3. The molecule has 4 fully saturated rings. The number of rotatable bonds is 3. The van der Waals surface area contributed by atoms with Gasteiger partial charge in [-0.1, -0.05) is 0 Å². The maximum Gasteiger partial charge on any atom is 0.0704 e. The molecular formula is C13H24N2O. The fourth-order valence-corrected chi connectivity index (χ4v) is 3.51. The molecule has 3 atom stereocenters. The number of hydrogen-bond donors (Lipinski definition) is 1. The molecule has 4 saturated heterocycles. The average Bonchev–Trinajstić information content (AvgIpc) is 2.74. The van der Waals surface area contributed by atoms with Crippen LogP contribution in [0.4, 0.5) is 0 Å². The highest BCUT2D eigenvalue weighted by Gasteiger charge is 2.34. The Kier molecular flexibility index (Phi) is 3.18. The summed E-state index contributed by atoms with van der Waals surface area (Å²) < 4.78 is 5.86. The molecule has 2 bridgehead atoms. The maximum atomic E-state index is 5.86. The highest BCUT2D eigenvalue weighted by atomic mass is 16.5. The van der Waals surface area contributed by atoms with E-state index >= 15 is 0 Å². The monoisotopic (exact) mass is 224 g/mol. The van der Waals surface area contributed by atoms with E-state index in [2.05, 4.69) is 17.1 Å². The van der Waals surface area contributed by atoms with Gasteiger partial charge in [-0.2, -0.15) is 0 Å². The van der Waals surface area contributed by atoms with Gasteiger partial charge in [0.1, 0.15) is 0 Å². The summed E-state index contributed by atoms with van der Waals surface area (Å²) in [6.07, 6.45) is 6.25. The minimum atomic E-state index is 0.477. The first-order valence-electron chi connectivity index (χ1n) is 6.92. The Morgan fingerprint density at radius 1 is 1.19 bits per heavy atom. The molecule has 0 aromatic carbocycles. The van der Waals surface area contributed by atoms with Gasteiger partial charge in [0, 0.05) is 19.1 Å². The third-order valence-electron chi connectivity index (χ3n) is 4.58. The van der Waals surface area contributed by atoms with Crippen LogP contribution in [-0.4, -0.2) is 49.3 Å². The van der Waals surface area contributed by atoms with Crippen LogP contribution in [0.5, 0.6) is 0 Å². The van der Waals surface area contributed by atoms with Gasteiger partial charge in [0.2, 0.25) is 0 Å². The Balaban J connectivity index is 1.45. The van der Waals surface area contributed by atoms with Crippen LogP contribution < -0.4 is 5.32 Å². The first-order chi connectivity index (χ1) is 7.81. The van der Waals surface area contributed by atoms with Crippen LogP contribution in [0.1, 0.15) is 32.6 Å². The lowest BCUT2D eigenvalue weighted by Gasteiger charge is -2.45. The van der Waals surface area contributed by atoms with Crippen molar-refractivity contribution in [1.82, 2.24) is 10.2 Å². The SMILES string of the molecule is CC1CCC(CNC2CN3CCC2CC3)O1. The molecule has 4 aliphatic heterocycles. The molecule has 4 rings (SSSR count). The molecule has 0 saturated carbocycles. The van der Waals surface area contributed by atoms with Crippen molar-refractivity contribution in [2.75, 3.05) is 26.2 Å². The molecule has 16 heavy (non-hydrogen) atoms. The van der Waals surface area contributed by atoms with Crippen LogP contribution in [0, 0.1) is 5.92 Å². The number of nitrogens with one attached hydrogen (secondary N) is 1. The van der Waals surface area contributed by atoms with Gasteiger partial charge in [0.05, 0.1) is 12.2 Å². The average molecular weight is 224 g/mol. The number of hydrogen-bond acceptors (Lipinski definition) is 3. The third-order valence-corrected chi connectivity index (χ3v) is 4.58. The fourth-order valence-electron chi connectivity index (χ4n) is 3.51. The molecule has 4 aliphatic rings. The molecule has 92 valence electrons. The maximum absolute atomic E-state index is 5.86. The first kappa shape index (κ1) is 11.0. The predicted octanol–water partition coefficient (Wildman–Crippen LogP) is 1.24. The van der Waals surface area contributed by atoms with Crippen LogP contribution in [0.15, 0.2) is 0 Å². The summed E-state index contributed by atoms with van der Waals surface area (Å²) in [5, 5.41) is 3.75. The summed E-state index contributed by atoms with van der Waals surface area (Å²) in [5.74, 6) is 0.934. The molecule has 0 aliphatic carbocycles. The molecule has 4 heterocycles. The van der Waals surface area contributed by atoms with Crippen molar-refractivity contribution in [3.63, 3.8) is 0 Å². The van der Waals surface area contributed by atoms with E-state index in [1.165, 1.54) is 45.3 Å². The largest absolute Gasteiger partial charge is 0.374 e. The van der Waals surface area contributed by atoms with Crippen molar-refractivity contribution in [2.24, 2.45) is 5.92 Å². The minimum absolute atomic E-state index is 0.477. The lowest BCUT2D eigenvalue weighted by molar-refractivity contribution is 0.0365. The Morgan fingerprint density at radius 2 is 2.00 bits per heavy atom. The lowest BCUT2D eigenvalue weighted by atomic mass is 9.84. The van der Waals surface area contributed by atoms with E-state index in [-0.39, 0.29) is 0 Å². The summed E-state index contributed by atoms with van der Waals surface area (Å²) in [5.41, 5.74) is 0. The number of nitrogens with zero attached hydrogens (tertiary/aromatic N) is 1. The van der Waals surface area contributed by atoms with Crippen molar-refractivity contribution in [3.8, 4) is 0 Å². The van der Waals surface area contributed by atoms with Gasteiger partial charge in [-0.25, -0.2) is 0 Å². The van der Waals surface area contributed by atoms with Gasteiger partial charge >= 0.3 is 0 Å². The molecule has 0 spiro atoms. The topological polar surface area (TPSA) is 24.5 Å². The third kappa shape index (κ3) is 2.27. The number of ether oxygens (including phenoxy) is 1. The van der Waals surface area contributed by atoms with Gasteiger partial charge in [-0.15, -0.1) is 0 Å². The quantitative estimate of drug-likeness (QED) is 0.780. The molecule has 0 aromatic heterocycles. The molecule has 3 heteroatoms. The van der Waals surface area contributed by atoms with Crippen LogP contribution in [0.2, 0.25) is 0 Å². The summed E-state index contributed by atoms with van der Waals surface area (Å²) in [6.45, 7) is 7.19. The highest BCUT2D eigenvalue weighted by Crippen LogP contribution is 2.27. The lowest BCUT2D eigenvalue weighted by Crippen LogP contribution is -2.57. The Hall–Kier alpha value is -0.120. The van der Waals surface area contributed by atoms with Crippen LogP contribution >= 0.6 is 0 Å². The molecule has 1 N–H and O–H groups in total. The van der Waals surface area contributed by atoms with E-state index in [0.29, 0.717) is 12.2 Å². The zero-order valence-electron chi connectivity index (χ0n) is 10.3. The Labute approximate surface area is 98.5 Å². The van der Waals surface area contributed by atoms with Crippen LogP contribution in [0.25, 0.3) is 0 Å². The summed E-state index contributed by atoms with van der Waals surface area (Å²) in [7, 11) is 0. The van der Waals surface area contributed by atoms with E-state index in [0.717, 1.165) is 18.5 Å². The predicted molar refractivity (Wildman–Crippen MR) is 64.5 cm³/mol. The van der Waals surface area contributed by atoms with Gasteiger partial charge in [-0.05, 0) is 51.6 Å². The summed E-state index contributed by atoms with van der Waals surface area (Å²) in [4.78, 5) is 2.61. The van der Waals surface area contributed by atoms with Crippen molar-refractivity contribution < 1.29 is 4.74 Å². The molecule has 3 nitrogen and oxygen atoms in total. The smallest absolute Gasteiger partial charge is 0.0704 e. The van der Waals surface area contributed by atoms with Crippen molar-refractivity contribution >= 4 is 0 Å². The van der Waals surface area contributed by atoms with Gasteiger partial charge in [0.25, 0.3) is 0 Å². The minimum Gasteiger partial charge on any atom is -0.374 e. The second-order valence-electron chi connectivity index (χ2n) is 5.80.